The van der Waals surface area contributed by atoms with Crippen LogP contribution >= 0.6 is 27.5 Å². The summed E-state index contributed by atoms with van der Waals surface area (Å²) in [7, 11) is 0. The quantitative estimate of drug-likeness (QED) is 0.243. The summed E-state index contributed by atoms with van der Waals surface area (Å²) >= 11 is 9.86. The van der Waals surface area contributed by atoms with E-state index in [1.54, 1.807) is 0 Å². The van der Waals surface area contributed by atoms with Gasteiger partial charge in [-0.2, -0.15) is 0 Å². The molecule has 28 heavy (non-hydrogen) atoms. The highest BCUT2D eigenvalue weighted by Crippen LogP contribution is 2.32. The van der Waals surface area contributed by atoms with Crippen LogP contribution in [0.3, 0.4) is 0 Å². The molecular formula is C25H14BrClO. The smallest absolute Gasteiger partial charge is 0.194 e. The summed E-state index contributed by atoms with van der Waals surface area (Å²) in [5, 5.41) is 2.31. The lowest BCUT2D eigenvalue weighted by molar-refractivity contribution is 0.104. The molecule has 0 spiro atoms. The third-order valence-electron chi connectivity index (χ3n) is 4.42. The van der Waals surface area contributed by atoms with Gasteiger partial charge >= 0.3 is 0 Å². The highest BCUT2D eigenvalue weighted by molar-refractivity contribution is 9.10. The molecule has 4 aromatic carbocycles. The molecule has 0 saturated heterocycles. The Labute approximate surface area is 177 Å². The standard InChI is InChI=1S/C25H14BrClO/c26-23-15-19-12-13-20(27)16-22(19)24(25(28)18-9-5-2-6-10-18)21(23)14-11-17-7-3-1-4-8-17/h1-10,12-13,15-16H. The van der Waals surface area contributed by atoms with Gasteiger partial charge in [0, 0.05) is 26.2 Å². The van der Waals surface area contributed by atoms with Gasteiger partial charge < -0.3 is 0 Å². The van der Waals surface area contributed by atoms with Crippen LogP contribution in [0.2, 0.25) is 5.02 Å². The Morgan fingerprint density at radius 1 is 0.821 bits per heavy atom. The van der Waals surface area contributed by atoms with E-state index >= 15 is 0 Å². The normalized spacial score (nSPS) is 10.4. The Kier molecular flexibility index (Phi) is 5.30. The molecule has 0 aliphatic carbocycles. The first-order chi connectivity index (χ1) is 13.6. The first-order valence-corrected chi connectivity index (χ1v) is 9.89. The van der Waals surface area contributed by atoms with Gasteiger partial charge in [0.1, 0.15) is 0 Å². The van der Waals surface area contributed by atoms with Gasteiger partial charge in [-0.3, -0.25) is 4.79 Å². The van der Waals surface area contributed by atoms with Crippen LogP contribution in [0.1, 0.15) is 27.0 Å². The third kappa shape index (κ3) is 3.73. The Bertz CT molecular complexity index is 1240. The SMILES string of the molecule is O=C(c1ccccc1)c1c(C#Cc2ccccc2)c(Br)cc2ccc(Cl)cc12. The van der Waals surface area contributed by atoms with E-state index in [-0.39, 0.29) is 5.78 Å². The van der Waals surface area contributed by atoms with Gasteiger partial charge in [0.15, 0.2) is 5.78 Å². The van der Waals surface area contributed by atoms with E-state index in [4.69, 9.17) is 11.6 Å². The van der Waals surface area contributed by atoms with Crippen molar-refractivity contribution in [1.82, 2.24) is 0 Å². The van der Waals surface area contributed by atoms with Gasteiger partial charge in [0.2, 0.25) is 0 Å². The molecule has 0 aliphatic rings. The molecule has 0 atom stereocenters. The third-order valence-corrected chi connectivity index (χ3v) is 5.28. The molecule has 0 unspecified atom stereocenters. The summed E-state index contributed by atoms with van der Waals surface area (Å²) in [6.07, 6.45) is 0. The van der Waals surface area contributed by atoms with Crippen LogP contribution in [0.15, 0.2) is 89.4 Å². The zero-order chi connectivity index (χ0) is 19.5. The average Bonchev–Trinajstić information content (AvgIpc) is 2.73. The summed E-state index contributed by atoms with van der Waals surface area (Å²) in [6.45, 7) is 0. The summed E-state index contributed by atoms with van der Waals surface area (Å²) in [5.41, 5.74) is 2.72. The predicted octanol–water partition coefficient (Wildman–Crippen LogP) is 6.89. The molecular weight excluding hydrogens is 432 g/mol. The molecule has 4 rings (SSSR count). The largest absolute Gasteiger partial charge is 0.289 e. The number of fused-ring (bicyclic) bond motifs is 1. The second-order valence-corrected chi connectivity index (χ2v) is 7.58. The van der Waals surface area contributed by atoms with Crippen molar-refractivity contribution in [2.45, 2.75) is 0 Å². The van der Waals surface area contributed by atoms with E-state index in [1.165, 1.54) is 0 Å². The zero-order valence-corrected chi connectivity index (χ0v) is 17.1. The number of ketones is 1. The summed E-state index contributed by atoms with van der Waals surface area (Å²) in [6, 6.07) is 26.5. The minimum Gasteiger partial charge on any atom is -0.289 e. The van der Waals surface area contributed by atoms with E-state index in [0.29, 0.717) is 21.7 Å². The molecule has 0 bridgehead atoms. The van der Waals surface area contributed by atoms with Crippen molar-refractivity contribution in [3.05, 3.63) is 117 Å². The average molecular weight is 446 g/mol. The monoisotopic (exact) mass is 444 g/mol. The fourth-order valence-corrected chi connectivity index (χ4v) is 3.80. The molecule has 0 aliphatic heterocycles. The van der Waals surface area contributed by atoms with Crippen LogP contribution in [0, 0.1) is 11.8 Å². The van der Waals surface area contributed by atoms with Crippen LogP contribution in [0.4, 0.5) is 0 Å². The topological polar surface area (TPSA) is 17.1 Å². The van der Waals surface area contributed by atoms with Crippen LogP contribution in [0.25, 0.3) is 10.8 Å². The van der Waals surface area contributed by atoms with E-state index in [2.05, 4.69) is 27.8 Å². The minimum atomic E-state index is -0.0773. The maximum atomic E-state index is 13.4. The van der Waals surface area contributed by atoms with Crippen molar-refractivity contribution in [3.63, 3.8) is 0 Å². The van der Waals surface area contributed by atoms with Gasteiger partial charge in [-0.25, -0.2) is 0 Å². The number of hydrogen-bond donors (Lipinski definition) is 0. The predicted molar refractivity (Wildman–Crippen MR) is 119 cm³/mol. The van der Waals surface area contributed by atoms with Gasteiger partial charge in [-0.15, -0.1) is 0 Å². The van der Waals surface area contributed by atoms with Gasteiger partial charge in [0.05, 0.1) is 5.56 Å². The second kappa shape index (κ2) is 8.02. The van der Waals surface area contributed by atoms with Crippen molar-refractivity contribution in [2.75, 3.05) is 0 Å². The maximum Gasteiger partial charge on any atom is 0.194 e. The lowest BCUT2D eigenvalue weighted by Gasteiger charge is -2.12. The van der Waals surface area contributed by atoms with Gasteiger partial charge in [-0.05, 0) is 57.0 Å². The Morgan fingerprint density at radius 3 is 2.21 bits per heavy atom. The molecule has 0 fully saturated rings. The van der Waals surface area contributed by atoms with E-state index in [9.17, 15) is 4.79 Å². The molecule has 0 heterocycles. The van der Waals surface area contributed by atoms with Crippen molar-refractivity contribution >= 4 is 44.1 Å². The molecule has 0 saturated carbocycles. The van der Waals surface area contributed by atoms with Gasteiger partial charge in [-0.1, -0.05) is 78.0 Å². The van der Waals surface area contributed by atoms with Crippen LogP contribution < -0.4 is 0 Å². The summed E-state index contributed by atoms with van der Waals surface area (Å²) in [4.78, 5) is 13.4. The van der Waals surface area contributed by atoms with E-state index < -0.39 is 0 Å². The number of benzene rings is 4. The Morgan fingerprint density at radius 2 is 1.50 bits per heavy atom. The second-order valence-electron chi connectivity index (χ2n) is 6.29. The maximum absolute atomic E-state index is 13.4. The van der Waals surface area contributed by atoms with E-state index in [1.807, 2.05) is 84.9 Å². The van der Waals surface area contributed by atoms with Crippen LogP contribution in [0.5, 0.6) is 0 Å². The number of hydrogen-bond acceptors (Lipinski definition) is 1. The van der Waals surface area contributed by atoms with Crippen molar-refractivity contribution in [2.24, 2.45) is 0 Å². The van der Waals surface area contributed by atoms with Crippen LogP contribution in [-0.4, -0.2) is 5.78 Å². The fourth-order valence-electron chi connectivity index (χ4n) is 3.08. The number of rotatable bonds is 2. The number of carbonyl (C=O) groups excluding carboxylic acids is 1. The lowest BCUT2D eigenvalue weighted by atomic mass is 9.92. The number of halogens is 2. The highest BCUT2D eigenvalue weighted by Gasteiger charge is 2.19. The fraction of sp³-hybridized carbons (Fsp3) is 0. The molecule has 4 aromatic rings. The first kappa shape index (κ1) is 18.5. The molecule has 0 amide bonds. The Balaban J connectivity index is 2.00. The van der Waals surface area contributed by atoms with Crippen LogP contribution in [-0.2, 0) is 0 Å². The van der Waals surface area contributed by atoms with Crippen molar-refractivity contribution < 1.29 is 4.79 Å². The van der Waals surface area contributed by atoms with Crippen molar-refractivity contribution in [3.8, 4) is 11.8 Å². The molecule has 0 aromatic heterocycles. The first-order valence-electron chi connectivity index (χ1n) is 8.72. The number of carbonyl (C=O) groups is 1. The molecule has 0 N–H and O–H groups in total. The van der Waals surface area contributed by atoms with E-state index in [0.717, 1.165) is 20.8 Å². The molecule has 3 heteroatoms. The van der Waals surface area contributed by atoms with Crippen molar-refractivity contribution in [1.29, 1.82) is 0 Å². The molecule has 134 valence electrons. The summed E-state index contributed by atoms with van der Waals surface area (Å²) in [5.74, 6) is 6.28. The lowest BCUT2D eigenvalue weighted by Crippen LogP contribution is -2.06. The van der Waals surface area contributed by atoms with Gasteiger partial charge in [0.25, 0.3) is 0 Å². The zero-order valence-electron chi connectivity index (χ0n) is 14.7. The molecule has 1 nitrogen and oxygen atoms in total. The summed E-state index contributed by atoms with van der Waals surface area (Å²) < 4.78 is 0.782. The highest BCUT2D eigenvalue weighted by atomic mass is 79.9. The Hall–Kier alpha value is -2.86. The molecule has 0 radical (unpaired) electrons. The minimum absolute atomic E-state index is 0.0773.